The average Bonchev–Trinajstić information content (AvgIpc) is 2.99. The van der Waals surface area contributed by atoms with Crippen LogP contribution >= 0.6 is 34.5 Å². The number of amides is 1. The van der Waals surface area contributed by atoms with Gasteiger partial charge in [0.2, 0.25) is 15.9 Å². The first-order valence-electron chi connectivity index (χ1n) is 7.70. The molecule has 0 saturated heterocycles. The first-order valence-corrected chi connectivity index (χ1v) is 10.8. The smallest absolute Gasteiger partial charge is 0.240 e. The van der Waals surface area contributed by atoms with Crippen molar-refractivity contribution in [2.75, 3.05) is 13.1 Å². The summed E-state index contributed by atoms with van der Waals surface area (Å²) in [7, 11) is -3.71. The van der Waals surface area contributed by atoms with Gasteiger partial charge in [-0.15, -0.1) is 17.9 Å². The molecule has 26 heavy (non-hydrogen) atoms. The summed E-state index contributed by atoms with van der Waals surface area (Å²) in [6, 6.07) is 9.58. The van der Waals surface area contributed by atoms with E-state index in [-0.39, 0.29) is 23.8 Å². The Balaban J connectivity index is 1.93. The van der Waals surface area contributed by atoms with Gasteiger partial charge >= 0.3 is 0 Å². The minimum absolute atomic E-state index is 0.00742. The molecular weight excluding hydrogens is 415 g/mol. The Bertz CT molecular complexity index is 882. The topological polar surface area (TPSA) is 66.5 Å². The van der Waals surface area contributed by atoms with Gasteiger partial charge in [-0.1, -0.05) is 35.3 Å². The highest BCUT2D eigenvalue weighted by molar-refractivity contribution is 7.89. The zero-order valence-electron chi connectivity index (χ0n) is 13.8. The van der Waals surface area contributed by atoms with Crippen molar-refractivity contribution in [3.63, 3.8) is 0 Å². The summed E-state index contributed by atoms with van der Waals surface area (Å²) in [5, 5.41) is 0.329. The number of hydrogen-bond donors (Lipinski definition) is 1. The number of halogens is 2. The number of rotatable bonds is 9. The van der Waals surface area contributed by atoms with Crippen LogP contribution in [0.4, 0.5) is 0 Å². The molecule has 140 valence electrons. The van der Waals surface area contributed by atoms with Crippen LogP contribution in [0.1, 0.15) is 11.3 Å². The molecule has 0 aliphatic heterocycles. The maximum absolute atomic E-state index is 12.4. The first kappa shape index (κ1) is 20.9. The number of nitrogens with one attached hydrogen (secondary N) is 1. The Labute approximate surface area is 167 Å². The van der Waals surface area contributed by atoms with E-state index in [2.05, 4.69) is 11.3 Å². The predicted molar refractivity (Wildman–Crippen MR) is 106 cm³/mol. The molecular formula is C17H18Cl2N2O3S2. The van der Waals surface area contributed by atoms with Gasteiger partial charge in [0.25, 0.3) is 0 Å². The lowest BCUT2D eigenvalue weighted by molar-refractivity contribution is -0.131. The molecule has 2 rings (SSSR count). The van der Waals surface area contributed by atoms with E-state index >= 15 is 0 Å². The standard InChI is InChI=1S/C17H18Cl2N2O3S2/c1-2-10-21(12-14-6-7-16(19)25-14)17(22)8-9-20-26(23,24)15-5-3-4-13(18)11-15/h2-7,11,20H,1,8-10,12H2. The third-order valence-electron chi connectivity index (χ3n) is 3.42. The Morgan fingerprint density at radius 1 is 1.27 bits per heavy atom. The van der Waals surface area contributed by atoms with Crippen LogP contribution in [0.25, 0.3) is 0 Å². The Hall–Kier alpha value is -1.38. The summed E-state index contributed by atoms with van der Waals surface area (Å²) in [4.78, 5) is 15.0. The molecule has 5 nitrogen and oxygen atoms in total. The second kappa shape index (κ2) is 9.53. The Morgan fingerprint density at radius 2 is 2.04 bits per heavy atom. The van der Waals surface area contributed by atoms with Crippen LogP contribution < -0.4 is 4.72 Å². The van der Waals surface area contributed by atoms with Gasteiger partial charge in [-0.25, -0.2) is 13.1 Å². The minimum atomic E-state index is -3.71. The van der Waals surface area contributed by atoms with Gasteiger partial charge in [0.1, 0.15) is 0 Å². The third-order valence-corrected chi connectivity index (χ3v) is 6.32. The van der Waals surface area contributed by atoms with Crippen molar-refractivity contribution in [3.05, 3.63) is 63.3 Å². The molecule has 0 spiro atoms. The maximum atomic E-state index is 12.4. The summed E-state index contributed by atoms with van der Waals surface area (Å²) in [5.74, 6) is -0.178. The molecule has 0 radical (unpaired) electrons. The zero-order valence-corrected chi connectivity index (χ0v) is 17.0. The lowest BCUT2D eigenvalue weighted by atomic mass is 10.3. The van der Waals surface area contributed by atoms with E-state index in [4.69, 9.17) is 23.2 Å². The van der Waals surface area contributed by atoms with Gasteiger partial charge in [0.15, 0.2) is 0 Å². The number of sulfonamides is 1. The molecule has 1 N–H and O–H groups in total. The Morgan fingerprint density at radius 3 is 2.65 bits per heavy atom. The summed E-state index contributed by atoms with van der Waals surface area (Å²) in [5.41, 5.74) is 0. The fourth-order valence-electron chi connectivity index (χ4n) is 2.20. The van der Waals surface area contributed by atoms with Gasteiger partial charge in [-0.2, -0.15) is 0 Å². The van der Waals surface area contributed by atoms with Crippen LogP contribution in [0.5, 0.6) is 0 Å². The molecule has 0 bridgehead atoms. The second-order valence-corrected chi connectivity index (χ2v) is 9.38. The van der Waals surface area contributed by atoms with Crippen LogP contribution in [-0.2, 0) is 21.4 Å². The van der Waals surface area contributed by atoms with Gasteiger partial charge in [0, 0.05) is 29.4 Å². The van der Waals surface area contributed by atoms with Crippen molar-refractivity contribution in [2.45, 2.75) is 17.9 Å². The van der Waals surface area contributed by atoms with E-state index in [1.54, 1.807) is 29.2 Å². The highest BCUT2D eigenvalue weighted by atomic mass is 35.5. The third kappa shape index (κ3) is 6.10. The molecule has 0 unspecified atom stereocenters. The maximum Gasteiger partial charge on any atom is 0.240 e. The van der Waals surface area contributed by atoms with Crippen molar-refractivity contribution in [3.8, 4) is 0 Å². The molecule has 1 amide bonds. The monoisotopic (exact) mass is 432 g/mol. The molecule has 0 fully saturated rings. The van der Waals surface area contributed by atoms with E-state index in [9.17, 15) is 13.2 Å². The summed E-state index contributed by atoms with van der Waals surface area (Å²) < 4.78 is 27.5. The number of carbonyl (C=O) groups excluding carboxylic acids is 1. The number of carbonyl (C=O) groups is 1. The zero-order chi connectivity index (χ0) is 19.2. The van der Waals surface area contributed by atoms with Crippen molar-refractivity contribution >= 4 is 50.5 Å². The molecule has 1 aromatic heterocycles. The molecule has 0 atom stereocenters. The molecule has 9 heteroatoms. The molecule has 1 aromatic carbocycles. The summed E-state index contributed by atoms with van der Waals surface area (Å²) >= 11 is 13.1. The summed E-state index contributed by atoms with van der Waals surface area (Å²) in [6.45, 7) is 4.43. The van der Waals surface area contributed by atoms with Crippen molar-refractivity contribution in [1.29, 1.82) is 0 Å². The Kier molecular flexibility index (Phi) is 7.67. The molecule has 0 saturated carbocycles. The number of hydrogen-bond acceptors (Lipinski definition) is 4. The molecule has 2 aromatic rings. The van der Waals surface area contributed by atoms with Crippen molar-refractivity contribution < 1.29 is 13.2 Å². The normalized spacial score (nSPS) is 11.3. The van der Waals surface area contributed by atoms with Gasteiger partial charge in [-0.3, -0.25) is 4.79 Å². The van der Waals surface area contributed by atoms with E-state index < -0.39 is 10.0 Å². The SMILES string of the molecule is C=CCN(Cc1ccc(Cl)s1)C(=O)CCNS(=O)(=O)c1cccc(Cl)c1. The largest absolute Gasteiger partial charge is 0.334 e. The van der Waals surface area contributed by atoms with Gasteiger partial charge < -0.3 is 4.90 Å². The minimum Gasteiger partial charge on any atom is -0.334 e. The van der Waals surface area contributed by atoms with Crippen LogP contribution in [0.3, 0.4) is 0 Å². The van der Waals surface area contributed by atoms with Gasteiger partial charge in [-0.05, 0) is 30.3 Å². The van der Waals surface area contributed by atoms with E-state index in [1.807, 2.05) is 6.07 Å². The number of thiophene rings is 1. The van der Waals surface area contributed by atoms with E-state index in [0.717, 1.165) is 4.88 Å². The molecule has 1 heterocycles. The van der Waals surface area contributed by atoms with E-state index in [1.165, 1.54) is 23.5 Å². The van der Waals surface area contributed by atoms with Gasteiger partial charge in [0.05, 0.1) is 15.8 Å². The van der Waals surface area contributed by atoms with Crippen molar-refractivity contribution in [2.24, 2.45) is 0 Å². The molecule has 0 aliphatic rings. The lowest BCUT2D eigenvalue weighted by Gasteiger charge is -2.20. The van der Waals surface area contributed by atoms with Crippen LogP contribution in [0, 0.1) is 0 Å². The van der Waals surface area contributed by atoms with E-state index in [0.29, 0.717) is 22.4 Å². The fraction of sp³-hybridized carbons (Fsp3) is 0.235. The quantitative estimate of drug-likeness (QED) is 0.610. The first-order chi connectivity index (χ1) is 12.3. The highest BCUT2D eigenvalue weighted by Crippen LogP contribution is 2.23. The number of benzene rings is 1. The lowest BCUT2D eigenvalue weighted by Crippen LogP contribution is -2.34. The number of nitrogens with zero attached hydrogens (tertiary/aromatic N) is 1. The second-order valence-electron chi connectivity index (χ2n) is 5.37. The molecule has 0 aliphatic carbocycles. The van der Waals surface area contributed by atoms with Crippen LogP contribution in [-0.4, -0.2) is 32.3 Å². The summed E-state index contributed by atoms with van der Waals surface area (Å²) in [6.07, 6.45) is 1.66. The predicted octanol–water partition coefficient (Wildman–Crippen LogP) is 3.94. The highest BCUT2D eigenvalue weighted by Gasteiger charge is 2.17. The van der Waals surface area contributed by atoms with Crippen molar-refractivity contribution in [1.82, 2.24) is 9.62 Å². The van der Waals surface area contributed by atoms with Crippen LogP contribution in [0.2, 0.25) is 9.36 Å². The average molecular weight is 433 g/mol. The van der Waals surface area contributed by atoms with Crippen LogP contribution in [0.15, 0.2) is 53.9 Å². The fourth-order valence-corrected chi connectivity index (χ4v) is 4.64.